The van der Waals surface area contributed by atoms with Crippen LogP contribution in [-0.4, -0.2) is 26.0 Å². The third-order valence-corrected chi connectivity index (χ3v) is 6.18. The van der Waals surface area contributed by atoms with Gasteiger partial charge in [0, 0.05) is 5.69 Å². The lowest BCUT2D eigenvalue weighted by atomic mass is 10.1. The number of hydrogen-bond acceptors (Lipinski definition) is 3. The SMILES string of the molecule is O=C(Nc1ccc(C(F)(F)F)c(F)c1)c1cc(S(=O)(=O)NC2(C(F)(F)F)CC2)ccc1F. The van der Waals surface area contributed by atoms with Crippen LogP contribution in [0.15, 0.2) is 41.3 Å². The standard InChI is InChI=1S/C18H12F8N2O3S/c19-13-4-2-10(32(30,31)28-16(5-6-16)18(24,25)26)8-11(13)15(29)27-9-1-3-12(14(20)7-9)17(21,22)23/h1-4,7-8,28H,5-6H2,(H,27,29). The largest absolute Gasteiger partial charge is 0.419 e. The van der Waals surface area contributed by atoms with Gasteiger partial charge in [0.1, 0.15) is 17.2 Å². The van der Waals surface area contributed by atoms with Crippen molar-refractivity contribution in [2.24, 2.45) is 0 Å². The highest BCUT2D eigenvalue weighted by Gasteiger charge is 2.65. The molecule has 1 amide bonds. The number of carbonyl (C=O) groups is 1. The van der Waals surface area contributed by atoms with E-state index in [0.29, 0.717) is 36.4 Å². The average molecular weight is 488 g/mol. The van der Waals surface area contributed by atoms with Crippen LogP contribution in [0.4, 0.5) is 40.8 Å². The highest BCUT2D eigenvalue weighted by molar-refractivity contribution is 7.89. The number of nitrogens with one attached hydrogen (secondary N) is 2. The van der Waals surface area contributed by atoms with Crippen molar-refractivity contribution in [3.63, 3.8) is 0 Å². The molecule has 0 saturated heterocycles. The van der Waals surface area contributed by atoms with E-state index in [4.69, 9.17) is 0 Å². The highest BCUT2D eigenvalue weighted by Crippen LogP contribution is 2.49. The zero-order valence-corrected chi connectivity index (χ0v) is 16.4. The molecule has 0 bridgehead atoms. The number of amides is 1. The van der Waals surface area contributed by atoms with E-state index in [1.807, 2.05) is 5.32 Å². The first-order chi connectivity index (χ1) is 14.6. The number of sulfonamides is 1. The molecule has 2 aromatic carbocycles. The van der Waals surface area contributed by atoms with Gasteiger partial charge in [0.25, 0.3) is 5.91 Å². The van der Waals surface area contributed by atoms with Crippen LogP contribution in [0.5, 0.6) is 0 Å². The molecule has 1 fully saturated rings. The van der Waals surface area contributed by atoms with Crippen LogP contribution >= 0.6 is 0 Å². The summed E-state index contributed by atoms with van der Waals surface area (Å²) in [7, 11) is -4.81. The van der Waals surface area contributed by atoms with E-state index in [9.17, 15) is 48.3 Å². The second kappa shape index (κ2) is 7.69. The second-order valence-electron chi connectivity index (χ2n) is 6.97. The minimum atomic E-state index is -5.00. The van der Waals surface area contributed by atoms with Gasteiger partial charge in [-0.3, -0.25) is 4.79 Å². The van der Waals surface area contributed by atoms with Crippen LogP contribution in [0.2, 0.25) is 0 Å². The number of hydrogen-bond donors (Lipinski definition) is 2. The molecule has 0 aromatic heterocycles. The molecule has 2 N–H and O–H groups in total. The van der Waals surface area contributed by atoms with Gasteiger partial charge < -0.3 is 5.32 Å². The van der Waals surface area contributed by atoms with Crippen molar-refractivity contribution >= 4 is 21.6 Å². The smallest absolute Gasteiger partial charge is 0.322 e. The molecule has 3 rings (SSSR count). The van der Waals surface area contributed by atoms with Crippen molar-refractivity contribution in [3.05, 3.63) is 59.2 Å². The van der Waals surface area contributed by atoms with Crippen molar-refractivity contribution in [1.29, 1.82) is 0 Å². The van der Waals surface area contributed by atoms with Crippen molar-refractivity contribution in [2.45, 2.75) is 35.6 Å². The highest BCUT2D eigenvalue weighted by atomic mass is 32.2. The van der Waals surface area contributed by atoms with E-state index >= 15 is 0 Å². The molecular weight excluding hydrogens is 476 g/mol. The van der Waals surface area contributed by atoms with Crippen molar-refractivity contribution in [2.75, 3.05) is 5.32 Å². The van der Waals surface area contributed by atoms with Crippen LogP contribution in [0, 0.1) is 11.6 Å². The van der Waals surface area contributed by atoms with Gasteiger partial charge in [0.15, 0.2) is 0 Å². The van der Waals surface area contributed by atoms with E-state index in [2.05, 4.69) is 0 Å². The maximum absolute atomic E-state index is 14.1. The van der Waals surface area contributed by atoms with Gasteiger partial charge in [0.05, 0.1) is 16.0 Å². The Labute approximate surface area is 175 Å². The van der Waals surface area contributed by atoms with Crippen LogP contribution in [0.3, 0.4) is 0 Å². The van der Waals surface area contributed by atoms with Gasteiger partial charge in [0.2, 0.25) is 10.0 Å². The van der Waals surface area contributed by atoms with Crippen LogP contribution in [-0.2, 0) is 16.2 Å². The molecule has 5 nitrogen and oxygen atoms in total. The minimum absolute atomic E-state index is 0.320. The molecule has 1 aliphatic rings. The monoisotopic (exact) mass is 488 g/mol. The Bertz CT molecular complexity index is 1170. The summed E-state index contributed by atoms with van der Waals surface area (Å²) in [4.78, 5) is 11.4. The molecule has 0 heterocycles. The quantitative estimate of drug-likeness (QED) is 0.604. The molecule has 32 heavy (non-hydrogen) atoms. The van der Waals surface area contributed by atoms with Gasteiger partial charge in [-0.25, -0.2) is 17.2 Å². The lowest BCUT2D eigenvalue weighted by Gasteiger charge is -2.20. The predicted octanol–water partition coefficient (Wildman–Crippen LogP) is 4.61. The number of alkyl halides is 6. The Morgan fingerprint density at radius 3 is 2.03 bits per heavy atom. The summed E-state index contributed by atoms with van der Waals surface area (Å²) in [6.45, 7) is 0. The molecule has 0 atom stereocenters. The van der Waals surface area contributed by atoms with Gasteiger partial charge in [-0.1, -0.05) is 0 Å². The van der Waals surface area contributed by atoms with Crippen LogP contribution in [0.1, 0.15) is 28.8 Å². The summed E-state index contributed by atoms with van der Waals surface area (Å²) in [6, 6.07) is 2.95. The lowest BCUT2D eigenvalue weighted by Crippen LogP contribution is -2.47. The van der Waals surface area contributed by atoms with Crippen LogP contribution in [0.25, 0.3) is 0 Å². The van der Waals surface area contributed by atoms with Crippen LogP contribution < -0.4 is 10.0 Å². The van der Waals surface area contributed by atoms with Crippen molar-refractivity contribution in [1.82, 2.24) is 4.72 Å². The summed E-state index contributed by atoms with van der Waals surface area (Å²) in [6.07, 6.45) is -10.9. The van der Waals surface area contributed by atoms with Crippen molar-refractivity contribution in [3.8, 4) is 0 Å². The molecule has 2 aromatic rings. The average Bonchev–Trinajstić information content (AvgIpc) is 3.40. The van der Waals surface area contributed by atoms with E-state index in [-0.39, 0.29) is 0 Å². The van der Waals surface area contributed by atoms with E-state index in [1.54, 1.807) is 0 Å². The summed E-state index contributed by atoms with van der Waals surface area (Å²) in [5.41, 5.74) is -5.70. The first-order valence-electron chi connectivity index (χ1n) is 8.64. The molecular formula is C18H12F8N2O3S. The van der Waals surface area contributed by atoms with Gasteiger partial charge in [-0.2, -0.15) is 31.1 Å². The first kappa shape index (κ1) is 23.9. The zero-order chi connectivity index (χ0) is 24.1. The number of anilines is 1. The summed E-state index contributed by atoms with van der Waals surface area (Å²) in [5.74, 6) is -4.36. The van der Waals surface area contributed by atoms with Gasteiger partial charge >= 0.3 is 12.4 Å². The number of rotatable bonds is 5. The molecule has 1 aliphatic carbocycles. The fourth-order valence-electron chi connectivity index (χ4n) is 2.75. The third-order valence-electron chi connectivity index (χ3n) is 4.65. The Morgan fingerprint density at radius 2 is 1.53 bits per heavy atom. The fraction of sp³-hybridized carbons (Fsp3) is 0.278. The second-order valence-corrected chi connectivity index (χ2v) is 8.66. The third kappa shape index (κ3) is 4.70. The zero-order valence-electron chi connectivity index (χ0n) is 15.5. The molecule has 0 aliphatic heterocycles. The summed E-state index contributed by atoms with van der Waals surface area (Å²) < 4.78 is 131. The first-order valence-corrected chi connectivity index (χ1v) is 10.1. The van der Waals surface area contributed by atoms with Crippen molar-refractivity contribution < 1.29 is 48.3 Å². The molecule has 0 spiro atoms. The summed E-state index contributed by atoms with van der Waals surface area (Å²) >= 11 is 0. The fourth-order valence-corrected chi connectivity index (χ4v) is 4.22. The van der Waals surface area contributed by atoms with Gasteiger partial charge in [-0.05, 0) is 49.2 Å². The predicted molar refractivity (Wildman–Crippen MR) is 94.1 cm³/mol. The molecule has 174 valence electrons. The molecule has 0 unspecified atom stereocenters. The van der Waals surface area contributed by atoms with E-state index < -0.39 is 80.0 Å². The molecule has 14 heteroatoms. The number of benzene rings is 2. The minimum Gasteiger partial charge on any atom is -0.322 e. The Kier molecular flexibility index (Phi) is 5.75. The summed E-state index contributed by atoms with van der Waals surface area (Å²) in [5, 5.41) is 1.90. The maximum atomic E-state index is 14.1. The number of carbonyl (C=O) groups excluding carboxylic acids is 1. The Hall–Kier alpha value is -2.74. The molecule has 1 saturated carbocycles. The Morgan fingerprint density at radius 1 is 0.906 bits per heavy atom. The normalized spacial score (nSPS) is 16.0. The lowest BCUT2D eigenvalue weighted by molar-refractivity contribution is -0.160. The van der Waals surface area contributed by atoms with E-state index in [1.165, 1.54) is 4.72 Å². The number of halogens is 8. The van der Waals surface area contributed by atoms with Gasteiger partial charge in [-0.15, -0.1) is 0 Å². The van der Waals surface area contributed by atoms with E-state index in [0.717, 1.165) is 0 Å². The topological polar surface area (TPSA) is 75.3 Å². The maximum Gasteiger partial charge on any atom is 0.419 e. The Balaban J connectivity index is 1.86. The molecule has 0 radical (unpaired) electrons.